The molecule has 0 saturated carbocycles. The van der Waals surface area contributed by atoms with E-state index in [4.69, 9.17) is 9.47 Å². The number of para-hydroxylation sites is 1. The van der Waals surface area contributed by atoms with Gasteiger partial charge in [0.05, 0.1) is 25.3 Å². The van der Waals surface area contributed by atoms with Gasteiger partial charge in [0.2, 0.25) is 0 Å². The van der Waals surface area contributed by atoms with Crippen molar-refractivity contribution in [2.75, 3.05) is 20.8 Å². The van der Waals surface area contributed by atoms with Gasteiger partial charge in [0, 0.05) is 13.7 Å². The maximum absolute atomic E-state index is 13.7. The largest absolute Gasteiger partial charge is 0.493 e. The Morgan fingerprint density at radius 3 is 2.91 bits per heavy atom. The SMILES string of the molecule is COCCn1cnnc1C(C)NC(=O)c1cccc(F)c1OC. The van der Waals surface area contributed by atoms with Gasteiger partial charge in [-0.15, -0.1) is 10.2 Å². The van der Waals surface area contributed by atoms with Crippen LogP contribution < -0.4 is 10.1 Å². The van der Waals surface area contributed by atoms with E-state index in [-0.39, 0.29) is 11.3 Å². The van der Waals surface area contributed by atoms with E-state index in [1.807, 2.05) is 0 Å². The summed E-state index contributed by atoms with van der Waals surface area (Å²) in [5, 5.41) is 10.6. The molecule has 0 saturated heterocycles. The Bertz CT molecular complexity index is 674. The van der Waals surface area contributed by atoms with Gasteiger partial charge in [-0.25, -0.2) is 4.39 Å². The molecule has 7 nitrogen and oxygen atoms in total. The molecule has 1 N–H and O–H groups in total. The van der Waals surface area contributed by atoms with Crippen molar-refractivity contribution in [3.63, 3.8) is 0 Å². The molecule has 2 aromatic rings. The van der Waals surface area contributed by atoms with Gasteiger partial charge in [-0.2, -0.15) is 0 Å². The summed E-state index contributed by atoms with van der Waals surface area (Å²) >= 11 is 0. The fraction of sp³-hybridized carbons (Fsp3) is 0.400. The molecule has 23 heavy (non-hydrogen) atoms. The molecule has 2 rings (SSSR count). The second kappa shape index (κ2) is 7.68. The normalized spacial score (nSPS) is 12.0. The number of carbonyl (C=O) groups is 1. The number of ether oxygens (including phenoxy) is 2. The van der Waals surface area contributed by atoms with Crippen LogP contribution in [0.15, 0.2) is 24.5 Å². The second-order valence-electron chi connectivity index (χ2n) is 4.89. The number of nitrogens with one attached hydrogen (secondary N) is 1. The van der Waals surface area contributed by atoms with E-state index in [9.17, 15) is 9.18 Å². The van der Waals surface area contributed by atoms with E-state index in [0.717, 1.165) is 0 Å². The molecule has 0 aliphatic heterocycles. The lowest BCUT2D eigenvalue weighted by Gasteiger charge is -2.16. The zero-order valence-corrected chi connectivity index (χ0v) is 13.2. The van der Waals surface area contributed by atoms with E-state index in [2.05, 4.69) is 15.5 Å². The molecule has 0 radical (unpaired) electrons. The van der Waals surface area contributed by atoms with E-state index >= 15 is 0 Å². The Labute approximate surface area is 133 Å². The maximum Gasteiger partial charge on any atom is 0.255 e. The van der Waals surface area contributed by atoms with Gasteiger partial charge in [0.15, 0.2) is 17.4 Å². The quantitative estimate of drug-likeness (QED) is 0.837. The highest BCUT2D eigenvalue weighted by Gasteiger charge is 2.20. The number of hydrogen-bond acceptors (Lipinski definition) is 5. The van der Waals surface area contributed by atoms with Crippen LogP contribution in [0.25, 0.3) is 0 Å². The van der Waals surface area contributed by atoms with Gasteiger partial charge in [-0.05, 0) is 19.1 Å². The van der Waals surface area contributed by atoms with Crippen LogP contribution in [-0.4, -0.2) is 41.5 Å². The molecule has 1 aromatic carbocycles. The smallest absolute Gasteiger partial charge is 0.255 e. The summed E-state index contributed by atoms with van der Waals surface area (Å²) in [7, 11) is 2.92. The lowest BCUT2D eigenvalue weighted by Crippen LogP contribution is -2.29. The first kappa shape index (κ1) is 16.9. The molecule has 1 amide bonds. The van der Waals surface area contributed by atoms with Crippen LogP contribution in [-0.2, 0) is 11.3 Å². The summed E-state index contributed by atoms with van der Waals surface area (Å²) in [4.78, 5) is 12.4. The fourth-order valence-corrected chi connectivity index (χ4v) is 2.20. The van der Waals surface area contributed by atoms with Crippen LogP contribution in [0.4, 0.5) is 4.39 Å². The zero-order chi connectivity index (χ0) is 16.8. The number of rotatable bonds is 7. The highest BCUT2D eigenvalue weighted by molar-refractivity contribution is 5.97. The van der Waals surface area contributed by atoms with Crippen molar-refractivity contribution in [3.05, 3.63) is 41.7 Å². The molecule has 0 aliphatic rings. The predicted octanol–water partition coefficient (Wildman–Crippen LogP) is 1.56. The number of methoxy groups -OCH3 is 2. The molecule has 0 spiro atoms. The van der Waals surface area contributed by atoms with Crippen LogP contribution >= 0.6 is 0 Å². The summed E-state index contributed by atoms with van der Waals surface area (Å²) < 4.78 is 25.5. The van der Waals surface area contributed by atoms with Crippen LogP contribution in [0.5, 0.6) is 5.75 Å². The van der Waals surface area contributed by atoms with E-state index in [1.54, 1.807) is 24.9 Å². The van der Waals surface area contributed by atoms with Crippen molar-refractivity contribution >= 4 is 5.91 Å². The highest BCUT2D eigenvalue weighted by atomic mass is 19.1. The second-order valence-corrected chi connectivity index (χ2v) is 4.89. The number of carbonyl (C=O) groups excluding carboxylic acids is 1. The Morgan fingerprint density at radius 1 is 1.43 bits per heavy atom. The molecular weight excluding hydrogens is 303 g/mol. The Hall–Kier alpha value is -2.48. The van der Waals surface area contributed by atoms with Crippen molar-refractivity contribution < 1.29 is 18.7 Å². The topological polar surface area (TPSA) is 78.3 Å². The first-order chi connectivity index (χ1) is 11.1. The number of halogens is 1. The minimum Gasteiger partial charge on any atom is -0.493 e. The van der Waals surface area contributed by atoms with E-state index in [0.29, 0.717) is 19.0 Å². The summed E-state index contributed by atoms with van der Waals surface area (Å²) in [6.45, 7) is 2.85. The third-order valence-electron chi connectivity index (χ3n) is 3.33. The predicted molar refractivity (Wildman–Crippen MR) is 80.7 cm³/mol. The number of nitrogens with zero attached hydrogens (tertiary/aromatic N) is 3. The molecule has 124 valence electrons. The van der Waals surface area contributed by atoms with Gasteiger partial charge < -0.3 is 19.4 Å². The van der Waals surface area contributed by atoms with Gasteiger partial charge in [0.25, 0.3) is 5.91 Å². The van der Waals surface area contributed by atoms with E-state index < -0.39 is 17.8 Å². The van der Waals surface area contributed by atoms with Crippen molar-refractivity contribution in [3.8, 4) is 5.75 Å². The van der Waals surface area contributed by atoms with E-state index in [1.165, 1.54) is 25.3 Å². The van der Waals surface area contributed by atoms with Gasteiger partial charge >= 0.3 is 0 Å². The van der Waals surface area contributed by atoms with Crippen LogP contribution in [0.3, 0.4) is 0 Å². The maximum atomic E-state index is 13.7. The fourth-order valence-electron chi connectivity index (χ4n) is 2.20. The van der Waals surface area contributed by atoms with Crippen molar-refractivity contribution in [2.45, 2.75) is 19.5 Å². The Kier molecular flexibility index (Phi) is 5.64. The molecular formula is C15H19FN4O3. The first-order valence-corrected chi connectivity index (χ1v) is 7.08. The van der Waals surface area contributed by atoms with Crippen molar-refractivity contribution in [2.24, 2.45) is 0 Å². The van der Waals surface area contributed by atoms with Crippen molar-refractivity contribution in [1.82, 2.24) is 20.1 Å². The molecule has 1 atom stereocenters. The minimum absolute atomic E-state index is 0.0851. The lowest BCUT2D eigenvalue weighted by atomic mass is 10.1. The Balaban J connectivity index is 2.14. The molecule has 0 bridgehead atoms. The Morgan fingerprint density at radius 2 is 2.22 bits per heavy atom. The van der Waals surface area contributed by atoms with Crippen LogP contribution in [0, 0.1) is 5.82 Å². The minimum atomic E-state index is -0.587. The third kappa shape index (κ3) is 3.84. The lowest BCUT2D eigenvalue weighted by molar-refractivity contribution is 0.0933. The van der Waals surface area contributed by atoms with Crippen LogP contribution in [0.1, 0.15) is 29.1 Å². The third-order valence-corrected chi connectivity index (χ3v) is 3.33. The standard InChI is InChI=1S/C15H19FN4O3/c1-10(14-19-17-9-20(14)7-8-22-2)18-15(21)11-5-4-6-12(16)13(11)23-3/h4-6,9-10H,7-8H2,1-3H3,(H,18,21). The molecule has 1 unspecified atom stereocenters. The molecule has 1 heterocycles. The first-order valence-electron chi connectivity index (χ1n) is 7.08. The van der Waals surface area contributed by atoms with Crippen molar-refractivity contribution in [1.29, 1.82) is 0 Å². The zero-order valence-electron chi connectivity index (χ0n) is 13.2. The number of amides is 1. The molecule has 8 heteroatoms. The molecule has 1 aromatic heterocycles. The summed E-state index contributed by atoms with van der Waals surface area (Å²) in [5.74, 6) is -0.532. The summed E-state index contributed by atoms with van der Waals surface area (Å²) in [6, 6.07) is 3.79. The molecule has 0 fully saturated rings. The average molecular weight is 322 g/mol. The number of benzene rings is 1. The monoisotopic (exact) mass is 322 g/mol. The number of hydrogen-bond donors (Lipinski definition) is 1. The summed E-state index contributed by atoms with van der Waals surface area (Å²) in [6.07, 6.45) is 1.57. The van der Waals surface area contributed by atoms with Crippen LogP contribution in [0.2, 0.25) is 0 Å². The van der Waals surface area contributed by atoms with Gasteiger partial charge in [-0.3, -0.25) is 4.79 Å². The molecule has 0 aliphatic carbocycles. The summed E-state index contributed by atoms with van der Waals surface area (Å²) in [5.41, 5.74) is 0.127. The van der Waals surface area contributed by atoms with Gasteiger partial charge in [-0.1, -0.05) is 6.07 Å². The highest BCUT2D eigenvalue weighted by Crippen LogP contribution is 2.23. The number of aromatic nitrogens is 3. The average Bonchev–Trinajstić information content (AvgIpc) is 3.01. The van der Waals surface area contributed by atoms with Gasteiger partial charge in [0.1, 0.15) is 6.33 Å².